The summed E-state index contributed by atoms with van der Waals surface area (Å²) in [7, 11) is 2.22. The van der Waals surface area contributed by atoms with Crippen LogP contribution in [0.3, 0.4) is 0 Å². The first-order valence-electron chi connectivity index (χ1n) is 8.51. The Morgan fingerprint density at radius 2 is 1.76 bits per heavy atom. The third-order valence-electron chi connectivity index (χ3n) is 3.97. The van der Waals surface area contributed by atoms with Crippen molar-refractivity contribution in [3.8, 4) is 0 Å². The average molecular weight is 290 g/mol. The van der Waals surface area contributed by atoms with Gasteiger partial charge in [-0.15, -0.1) is 0 Å². The zero-order chi connectivity index (χ0) is 15.7. The predicted molar refractivity (Wildman–Crippen MR) is 93.8 cm³/mol. The zero-order valence-corrected chi connectivity index (χ0v) is 14.7. The van der Waals surface area contributed by atoms with Crippen LogP contribution in [-0.2, 0) is 6.54 Å². The summed E-state index contributed by atoms with van der Waals surface area (Å²) in [5, 5.41) is 3.50. The highest BCUT2D eigenvalue weighted by atomic mass is 15.1. The molecular formula is C19H34N2. The van der Waals surface area contributed by atoms with Gasteiger partial charge in [-0.05, 0) is 55.9 Å². The van der Waals surface area contributed by atoms with Gasteiger partial charge in [-0.1, -0.05) is 52.0 Å². The van der Waals surface area contributed by atoms with E-state index in [0.29, 0.717) is 5.92 Å². The summed E-state index contributed by atoms with van der Waals surface area (Å²) in [6, 6.07) is 9.17. The van der Waals surface area contributed by atoms with Gasteiger partial charge in [0.25, 0.3) is 0 Å². The minimum atomic E-state index is 0.587. The Labute approximate surface area is 131 Å². The summed E-state index contributed by atoms with van der Waals surface area (Å²) in [4.78, 5) is 2.42. The standard InChI is InChI=1S/C19H34N2/c1-6-12-20-14-17(4)19-9-7-18(8-10-19)15-21(5)13-11-16(2)3/h7-10,16-17,20H,6,11-15H2,1-5H3. The van der Waals surface area contributed by atoms with Gasteiger partial charge in [0.1, 0.15) is 0 Å². The van der Waals surface area contributed by atoms with E-state index in [1.165, 1.54) is 30.5 Å². The van der Waals surface area contributed by atoms with Crippen LogP contribution in [0, 0.1) is 5.92 Å². The maximum Gasteiger partial charge on any atom is 0.0230 e. The molecule has 0 bridgehead atoms. The second-order valence-electron chi connectivity index (χ2n) is 6.77. The van der Waals surface area contributed by atoms with Crippen molar-refractivity contribution in [3.05, 3.63) is 35.4 Å². The Kier molecular flexibility index (Phi) is 8.63. The molecule has 21 heavy (non-hydrogen) atoms. The summed E-state index contributed by atoms with van der Waals surface area (Å²) in [6.07, 6.45) is 2.48. The Morgan fingerprint density at radius 1 is 1.10 bits per heavy atom. The molecule has 0 fully saturated rings. The first-order valence-corrected chi connectivity index (χ1v) is 8.51. The number of hydrogen-bond acceptors (Lipinski definition) is 2. The summed E-state index contributed by atoms with van der Waals surface area (Å²) < 4.78 is 0. The Bertz CT molecular complexity index is 370. The van der Waals surface area contributed by atoms with Gasteiger partial charge in [-0.25, -0.2) is 0 Å². The highest BCUT2D eigenvalue weighted by Gasteiger charge is 2.06. The van der Waals surface area contributed by atoms with E-state index in [-0.39, 0.29) is 0 Å². The van der Waals surface area contributed by atoms with Gasteiger partial charge in [0.15, 0.2) is 0 Å². The number of hydrogen-bond donors (Lipinski definition) is 1. The van der Waals surface area contributed by atoms with Crippen molar-refractivity contribution in [2.45, 2.75) is 53.0 Å². The van der Waals surface area contributed by atoms with Crippen molar-refractivity contribution in [2.24, 2.45) is 5.92 Å². The predicted octanol–water partition coefficient (Wildman–Crippen LogP) is 4.27. The van der Waals surface area contributed by atoms with E-state index in [0.717, 1.165) is 25.6 Å². The summed E-state index contributed by atoms with van der Waals surface area (Å²) in [5.74, 6) is 1.37. The quantitative estimate of drug-likeness (QED) is 0.647. The molecule has 2 heteroatoms. The lowest BCUT2D eigenvalue weighted by Crippen LogP contribution is -2.21. The Morgan fingerprint density at radius 3 is 2.33 bits per heavy atom. The van der Waals surface area contributed by atoms with E-state index < -0.39 is 0 Å². The summed E-state index contributed by atoms with van der Waals surface area (Å²) in [5.41, 5.74) is 2.85. The molecule has 0 radical (unpaired) electrons. The van der Waals surface area contributed by atoms with Gasteiger partial charge >= 0.3 is 0 Å². The van der Waals surface area contributed by atoms with Gasteiger partial charge < -0.3 is 10.2 Å². The van der Waals surface area contributed by atoms with Gasteiger partial charge in [-0.2, -0.15) is 0 Å². The van der Waals surface area contributed by atoms with Crippen LogP contribution in [0.25, 0.3) is 0 Å². The molecule has 1 aromatic carbocycles. The van der Waals surface area contributed by atoms with Crippen molar-refractivity contribution in [1.29, 1.82) is 0 Å². The average Bonchev–Trinajstić information content (AvgIpc) is 2.46. The number of rotatable bonds is 10. The van der Waals surface area contributed by atoms with E-state index in [2.05, 4.69) is 69.2 Å². The highest BCUT2D eigenvalue weighted by Crippen LogP contribution is 2.16. The van der Waals surface area contributed by atoms with Crippen LogP contribution in [0.5, 0.6) is 0 Å². The van der Waals surface area contributed by atoms with Crippen LogP contribution in [0.2, 0.25) is 0 Å². The van der Waals surface area contributed by atoms with Crippen LogP contribution in [0.1, 0.15) is 57.6 Å². The van der Waals surface area contributed by atoms with Crippen molar-refractivity contribution in [1.82, 2.24) is 10.2 Å². The zero-order valence-electron chi connectivity index (χ0n) is 14.7. The first-order chi connectivity index (χ1) is 10.0. The third-order valence-corrected chi connectivity index (χ3v) is 3.97. The molecule has 0 saturated carbocycles. The molecule has 1 N–H and O–H groups in total. The topological polar surface area (TPSA) is 15.3 Å². The maximum atomic E-state index is 3.50. The maximum absolute atomic E-state index is 3.50. The van der Waals surface area contributed by atoms with Gasteiger partial charge in [0.05, 0.1) is 0 Å². The molecular weight excluding hydrogens is 256 g/mol. The van der Waals surface area contributed by atoms with Crippen LogP contribution < -0.4 is 5.32 Å². The summed E-state index contributed by atoms with van der Waals surface area (Å²) >= 11 is 0. The monoisotopic (exact) mass is 290 g/mol. The third kappa shape index (κ3) is 7.63. The molecule has 120 valence electrons. The van der Waals surface area contributed by atoms with Gasteiger partial charge in [0.2, 0.25) is 0 Å². The van der Waals surface area contributed by atoms with E-state index >= 15 is 0 Å². The molecule has 0 aliphatic rings. The van der Waals surface area contributed by atoms with Crippen molar-refractivity contribution in [2.75, 3.05) is 26.7 Å². The number of nitrogens with zero attached hydrogens (tertiary/aromatic N) is 1. The second-order valence-corrected chi connectivity index (χ2v) is 6.77. The van der Waals surface area contributed by atoms with E-state index in [1.807, 2.05) is 0 Å². The molecule has 1 unspecified atom stereocenters. The molecule has 2 nitrogen and oxygen atoms in total. The first kappa shape index (κ1) is 18.2. The largest absolute Gasteiger partial charge is 0.316 e. The van der Waals surface area contributed by atoms with Crippen molar-refractivity contribution in [3.63, 3.8) is 0 Å². The molecule has 0 aromatic heterocycles. The minimum absolute atomic E-state index is 0.587. The Balaban J connectivity index is 2.42. The normalized spacial score (nSPS) is 13.1. The number of benzene rings is 1. The van der Waals surface area contributed by atoms with Gasteiger partial charge in [-0.3, -0.25) is 0 Å². The molecule has 0 amide bonds. The SMILES string of the molecule is CCCNCC(C)c1ccc(CN(C)CCC(C)C)cc1. The smallest absolute Gasteiger partial charge is 0.0230 e. The molecule has 0 spiro atoms. The van der Waals surface area contributed by atoms with Crippen molar-refractivity contribution < 1.29 is 0 Å². The molecule has 0 aliphatic carbocycles. The van der Waals surface area contributed by atoms with E-state index in [4.69, 9.17) is 0 Å². The van der Waals surface area contributed by atoms with Crippen LogP contribution in [-0.4, -0.2) is 31.6 Å². The lowest BCUT2D eigenvalue weighted by Gasteiger charge is -2.18. The fourth-order valence-electron chi connectivity index (χ4n) is 2.43. The van der Waals surface area contributed by atoms with E-state index in [9.17, 15) is 0 Å². The lowest BCUT2D eigenvalue weighted by atomic mass is 9.99. The molecule has 1 rings (SSSR count). The van der Waals surface area contributed by atoms with Crippen LogP contribution >= 0.6 is 0 Å². The molecule has 0 saturated heterocycles. The second kappa shape index (κ2) is 9.97. The molecule has 0 heterocycles. The van der Waals surface area contributed by atoms with E-state index in [1.54, 1.807) is 0 Å². The van der Waals surface area contributed by atoms with Crippen LogP contribution in [0.15, 0.2) is 24.3 Å². The van der Waals surface area contributed by atoms with Crippen molar-refractivity contribution >= 4 is 0 Å². The fraction of sp³-hybridized carbons (Fsp3) is 0.684. The summed E-state index contributed by atoms with van der Waals surface area (Å²) in [6.45, 7) is 13.5. The fourth-order valence-corrected chi connectivity index (χ4v) is 2.43. The lowest BCUT2D eigenvalue weighted by molar-refractivity contribution is 0.303. The molecule has 1 aromatic rings. The molecule has 0 aliphatic heterocycles. The minimum Gasteiger partial charge on any atom is -0.316 e. The number of nitrogens with one attached hydrogen (secondary N) is 1. The highest BCUT2D eigenvalue weighted by molar-refractivity contribution is 5.25. The Hall–Kier alpha value is -0.860. The van der Waals surface area contributed by atoms with Crippen LogP contribution in [0.4, 0.5) is 0 Å². The van der Waals surface area contributed by atoms with Gasteiger partial charge in [0, 0.05) is 13.1 Å². The molecule has 1 atom stereocenters.